The zero-order valence-corrected chi connectivity index (χ0v) is 15.6. The average Bonchev–Trinajstić information content (AvgIpc) is 2.53. The number of hydrogen-bond donors (Lipinski definition) is 1. The molecule has 0 fully saturated rings. The molecule has 0 aliphatic carbocycles. The van der Waals surface area contributed by atoms with Crippen molar-refractivity contribution in [3.8, 4) is 0 Å². The highest BCUT2D eigenvalue weighted by Crippen LogP contribution is 2.21. The third kappa shape index (κ3) is 4.56. The third-order valence-corrected chi connectivity index (χ3v) is 4.40. The Balaban J connectivity index is 2.17. The fraction of sp³-hybridized carbons (Fsp3) is 0.450. The van der Waals surface area contributed by atoms with Crippen LogP contribution >= 0.6 is 0 Å². The van der Waals surface area contributed by atoms with Gasteiger partial charge in [-0.25, -0.2) is 4.79 Å². The highest BCUT2D eigenvalue weighted by atomic mass is 16.4. The number of aryl methyl sites for hydroxylation is 3. The van der Waals surface area contributed by atoms with Crippen LogP contribution in [0.15, 0.2) is 27.5 Å². The minimum Gasteiger partial charge on any atom is -0.427 e. The van der Waals surface area contributed by atoms with Gasteiger partial charge in [0.1, 0.15) is 11.3 Å². The summed E-state index contributed by atoms with van der Waals surface area (Å²) in [5.41, 5.74) is 3.06. The number of nitrogens with one attached hydrogen (secondary N) is 1. The van der Waals surface area contributed by atoms with Gasteiger partial charge in [0.05, 0.1) is 0 Å². The molecule has 0 aliphatic heterocycles. The first-order valence-electron chi connectivity index (χ1n) is 8.68. The van der Waals surface area contributed by atoms with Crippen molar-refractivity contribution in [2.45, 2.75) is 59.9 Å². The minimum absolute atomic E-state index is 0.0742. The minimum atomic E-state index is -0.575. The van der Waals surface area contributed by atoms with Gasteiger partial charge in [-0.3, -0.25) is 9.78 Å². The first-order valence-corrected chi connectivity index (χ1v) is 8.68. The van der Waals surface area contributed by atoms with E-state index in [4.69, 9.17) is 4.42 Å². The lowest BCUT2D eigenvalue weighted by molar-refractivity contribution is 0.0945. The van der Waals surface area contributed by atoms with Gasteiger partial charge in [-0.05, 0) is 56.0 Å². The highest BCUT2D eigenvalue weighted by molar-refractivity contribution is 5.95. The number of nitrogens with zero attached hydrogens (tertiary/aromatic N) is 1. The van der Waals surface area contributed by atoms with E-state index in [2.05, 4.69) is 17.2 Å². The molecule has 0 aliphatic rings. The van der Waals surface area contributed by atoms with E-state index in [1.807, 2.05) is 26.8 Å². The molecule has 0 saturated heterocycles. The van der Waals surface area contributed by atoms with E-state index in [-0.39, 0.29) is 11.5 Å². The zero-order chi connectivity index (χ0) is 18.6. The SMILES string of the molecule is CCCC(C)c1cc(C)c(C(=O)NCc2cnc(C)cc2C)c(=O)o1. The molecule has 0 saturated carbocycles. The van der Waals surface area contributed by atoms with E-state index in [1.54, 1.807) is 19.2 Å². The molecule has 2 aromatic rings. The molecule has 0 aromatic carbocycles. The van der Waals surface area contributed by atoms with E-state index in [0.717, 1.165) is 29.7 Å². The lowest BCUT2D eigenvalue weighted by Gasteiger charge is -2.12. The Morgan fingerprint density at radius 1 is 1.24 bits per heavy atom. The monoisotopic (exact) mass is 342 g/mol. The fourth-order valence-electron chi connectivity index (χ4n) is 2.90. The Bertz CT molecular complexity index is 824. The van der Waals surface area contributed by atoms with E-state index in [1.165, 1.54) is 0 Å². The number of aromatic nitrogens is 1. The van der Waals surface area contributed by atoms with Gasteiger partial charge in [-0.15, -0.1) is 0 Å². The predicted octanol–water partition coefficient (Wildman–Crippen LogP) is 3.79. The van der Waals surface area contributed by atoms with Gasteiger partial charge >= 0.3 is 5.63 Å². The molecule has 1 unspecified atom stereocenters. The van der Waals surface area contributed by atoms with Crippen LogP contribution in [0.1, 0.15) is 71.1 Å². The van der Waals surface area contributed by atoms with Crippen LogP contribution in [0.3, 0.4) is 0 Å². The van der Waals surface area contributed by atoms with E-state index < -0.39 is 11.5 Å². The van der Waals surface area contributed by atoms with Crippen molar-refractivity contribution in [3.63, 3.8) is 0 Å². The summed E-state index contributed by atoms with van der Waals surface area (Å²) in [5.74, 6) is 0.384. The van der Waals surface area contributed by atoms with Crippen molar-refractivity contribution in [3.05, 3.63) is 62.5 Å². The maximum Gasteiger partial charge on any atom is 0.349 e. The Labute approximate surface area is 148 Å². The largest absolute Gasteiger partial charge is 0.427 e. The molecule has 1 atom stereocenters. The molecule has 2 rings (SSSR count). The number of rotatable bonds is 6. The normalized spacial score (nSPS) is 12.0. The second-order valence-electron chi connectivity index (χ2n) is 6.62. The zero-order valence-electron chi connectivity index (χ0n) is 15.6. The molecule has 2 aromatic heterocycles. The number of carbonyl (C=O) groups excluding carboxylic acids is 1. The summed E-state index contributed by atoms with van der Waals surface area (Å²) in [6, 6.07) is 3.76. The van der Waals surface area contributed by atoms with Gasteiger partial charge in [0.2, 0.25) is 0 Å². The number of amides is 1. The molecule has 134 valence electrons. The molecule has 0 bridgehead atoms. The van der Waals surface area contributed by atoms with Crippen LogP contribution in [-0.4, -0.2) is 10.9 Å². The number of pyridine rings is 1. The summed E-state index contributed by atoms with van der Waals surface area (Å²) in [4.78, 5) is 29.0. The Hall–Kier alpha value is -2.43. The summed E-state index contributed by atoms with van der Waals surface area (Å²) in [7, 11) is 0. The van der Waals surface area contributed by atoms with E-state index in [9.17, 15) is 9.59 Å². The molecule has 2 heterocycles. The molecule has 0 spiro atoms. The first kappa shape index (κ1) is 18.9. The highest BCUT2D eigenvalue weighted by Gasteiger charge is 2.19. The Morgan fingerprint density at radius 2 is 1.96 bits per heavy atom. The molecule has 1 amide bonds. The predicted molar refractivity (Wildman–Crippen MR) is 97.9 cm³/mol. The van der Waals surface area contributed by atoms with Crippen LogP contribution in [0.4, 0.5) is 0 Å². The van der Waals surface area contributed by atoms with E-state index in [0.29, 0.717) is 17.9 Å². The van der Waals surface area contributed by atoms with Gasteiger partial charge in [0.25, 0.3) is 5.91 Å². The lowest BCUT2D eigenvalue weighted by atomic mass is 10.0. The Kier molecular flexibility index (Phi) is 6.12. The van der Waals surface area contributed by atoms with Gasteiger partial charge in [-0.1, -0.05) is 20.3 Å². The van der Waals surface area contributed by atoms with Gasteiger partial charge in [0.15, 0.2) is 0 Å². The summed E-state index contributed by atoms with van der Waals surface area (Å²) < 4.78 is 5.39. The van der Waals surface area contributed by atoms with Crippen LogP contribution < -0.4 is 10.9 Å². The number of hydrogen-bond acceptors (Lipinski definition) is 4. The third-order valence-electron chi connectivity index (χ3n) is 4.40. The van der Waals surface area contributed by atoms with Crippen LogP contribution in [0.5, 0.6) is 0 Å². The van der Waals surface area contributed by atoms with Crippen molar-refractivity contribution >= 4 is 5.91 Å². The van der Waals surface area contributed by atoms with Crippen LogP contribution in [0.25, 0.3) is 0 Å². The van der Waals surface area contributed by atoms with Gasteiger partial charge < -0.3 is 9.73 Å². The molecular formula is C20H26N2O3. The van der Waals surface area contributed by atoms with Gasteiger partial charge in [-0.2, -0.15) is 0 Å². The molecule has 25 heavy (non-hydrogen) atoms. The second-order valence-corrected chi connectivity index (χ2v) is 6.62. The fourth-order valence-corrected chi connectivity index (χ4v) is 2.90. The van der Waals surface area contributed by atoms with Gasteiger partial charge in [0, 0.05) is 24.4 Å². The maximum absolute atomic E-state index is 12.5. The summed E-state index contributed by atoms with van der Waals surface area (Å²) in [5, 5.41) is 2.79. The van der Waals surface area contributed by atoms with Crippen LogP contribution in [-0.2, 0) is 6.54 Å². The summed E-state index contributed by atoms with van der Waals surface area (Å²) in [6.45, 7) is 10.1. The molecule has 1 N–H and O–H groups in total. The standard InChI is InChI=1S/C20H26N2O3/c1-6-7-12(2)17-9-14(4)18(20(24)25-17)19(23)22-11-16-10-21-15(5)8-13(16)3/h8-10,12H,6-7,11H2,1-5H3,(H,22,23). The second kappa shape index (κ2) is 8.10. The van der Waals surface area contributed by atoms with Crippen molar-refractivity contribution in [1.82, 2.24) is 10.3 Å². The number of carbonyl (C=O) groups is 1. The lowest BCUT2D eigenvalue weighted by Crippen LogP contribution is -2.29. The van der Waals surface area contributed by atoms with Crippen LogP contribution in [0.2, 0.25) is 0 Å². The topological polar surface area (TPSA) is 72.2 Å². The maximum atomic E-state index is 12.5. The smallest absolute Gasteiger partial charge is 0.349 e. The molecular weight excluding hydrogens is 316 g/mol. The quantitative estimate of drug-likeness (QED) is 0.867. The van der Waals surface area contributed by atoms with Crippen molar-refractivity contribution in [2.24, 2.45) is 0 Å². The molecule has 0 radical (unpaired) electrons. The van der Waals surface area contributed by atoms with Crippen molar-refractivity contribution < 1.29 is 9.21 Å². The Morgan fingerprint density at radius 3 is 2.56 bits per heavy atom. The van der Waals surface area contributed by atoms with E-state index >= 15 is 0 Å². The first-order chi connectivity index (χ1) is 11.8. The summed E-state index contributed by atoms with van der Waals surface area (Å²) >= 11 is 0. The molecule has 5 heteroatoms. The average molecular weight is 342 g/mol. The van der Waals surface area contributed by atoms with Crippen LogP contribution in [0, 0.1) is 20.8 Å². The summed E-state index contributed by atoms with van der Waals surface area (Å²) in [6.07, 6.45) is 3.69. The molecule has 5 nitrogen and oxygen atoms in total. The van der Waals surface area contributed by atoms with Crippen molar-refractivity contribution in [2.75, 3.05) is 0 Å². The van der Waals surface area contributed by atoms with Crippen molar-refractivity contribution in [1.29, 1.82) is 0 Å².